The monoisotopic (exact) mass is 201 g/mol. The van der Waals surface area contributed by atoms with Crippen LogP contribution in [-0.2, 0) is 9.47 Å². The van der Waals surface area contributed by atoms with Crippen molar-refractivity contribution in [3.63, 3.8) is 0 Å². The van der Waals surface area contributed by atoms with Crippen LogP contribution in [0.2, 0.25) is 0 Å². The second-order valence-corrected chi connectivity index (χ2v) is 4.60. The lowest BCUT2D eigenvalue weighted by molar-refractivity contribution is -0.0628. The average Bonchev–Trinajstić information content (AvgIpc) is 2.11. The van der Waals surface area contributed by atoms with E-state index in [2.05, 4.69) is 19.2 Å². The first-order valence-electron chi connectivity index (χ1n) is 5.50. The molecule has 1 aliphatic heterocycles. The summed E-state index contributed by atoms with van der Waals surface area (Å²) in [6.07, 6.45) is 3.34. The summed E-state index contributed by atoms with van der Waals surface area (Å²) in [5, 5.41) is 3.55. The number of nitrogens with one attached hydrogen (secondary N) is 1. The van der Waals surface area contributed by atoms with E-state index in [0.29, 0.717) is 6.04 Å². The predicted octanol–water partition coefficient (Wildman–Crippen LogP) is 1.57. The van der Waals surface area contributed by atoms with Crippen LogP contribution in [0.15, 0.2) is 0 Å². The Labute approximate surface area is 87.2 Å². The van der Waals surface area contributed by atoms with Gasteiger partial charge >= 0.3 is 0 Å². The maximum atomic E-state index is 5.66. The Bertz CT molecular complexity index is 159. The summed E-state index contributed by atoms with van der Waals surface area (Å²) in [7, 11) is 1.75. The van der Waals surface area contributed by atoms with Crippen LogP contribution in [0.1, 0.15) is 33.1 Å². The van der Waals surface area contributed by atoms with E-state index in [1.807, 2.05) is 0 Å². The van der Waals surface area contributed by atoms with Crippen molar-refractivity contribution < 1.29 is 9.47 Å². The first kappa shape index (κ1) is 12.0. The summed E-state index contributed by atoms with van der Waals surface area (Å²) in [5.74, 6) is 0. The first-order chi connectivity index (χ1) is 6.64. The maximum Gasteiger partial charge on any atom is 0.0641 e. The molecule has 0 aromatic heterocycles. The Hall–Kier alpha value is -0.120. The third-order valence-electron chi connectivity index (χ3n) is 2.66. The van der Waals surface area contributed by atoms with Crippen LogP contribution in [0.4, 0.5) is 0 Å². The molecule has 0 radical (unpaired) electrons. The summed E-state index contributed by atoms with van der Waals surface area (Å²) >= 11 is 0. The third-order valence-corrected chi connectivity index (χ3v) is 2.66. The minimum Gasteiger partial charge on any atom is -0.385 e. The molecule has 14 heavy (non-hydrogen) atoms. The summed E-state index contributed by atoms with van der Waals surface area (Å²) in [6, 6.07) is 0.621. The van der Waals surface area contributed by atoms with Gasteiger partial charge in [-0.3, -0.25) is 0 Å². The second kappa shape index (κ2) is 5.69. The molecule has 1 heterocycles. The molecule has 0 aromatic carbocycles. The fraction of sp³-hybridized carbons (Fsp3) is 1.00. The van der Waals surface area contributed by atoms with Crippen molar-refractivity contribution in [1.29, 1.82) is 0 Å². The standard InChI is InChI=1S/C11H23NO2/c1-11(2)9-10(5-8-14-11)12-6-4-7-13-3/h10,12H,4-9H2,1-3H3. The molecule has 0 amide bonds. The number of hydrogen-bond acceptors (Lipinski definition) is 3. The zero-order valence-corrected chi connectivity index (χ0v) is 9.64. The van der Waals surface area contributed by atoms with Gasteiger partial charge in [0.05, 0.1) is 5.60 Å². The van der Waals surface area contributed by atoms with E-state index < -0.39 is 0 Å². The van der Waals surface area contributed by atoms with Gasteiger partial charge < -0.3 is 14.8 Å². The van der Waals surface area contributed by atoms with Crippen LogP contribution in [0.25, 0.3) is 0 Å². The number of rotatable bonds is 5. The summed E-state index contributed by atoms with van der Waals surface area (Å²) in [5.41, 5.74) is 0.0528. The Morgan fingerprint density at radius 3 is 2.93 bits per heavy atom. The minimum atomic E-state index is 0.0528. The van der Waals surface area contributed by atoms with Gasteiger partial charge in [-0.25, -0.2) is 0 Å². The van der Waals surface area contributed by atoms with Crippen molar-refractivity contribution in [3.8, 4) is 0 Å². The van der Waals surface area contributed by atoms with Crippen LogP contribution in [0.5, 0.6) is 0 Å². The number of methoxy groups -OCH3 is 1. The molecular formula is C11H23NO2. The SMILES string of the molecule is COCCCNC1CCOC(C)(C)C1. The van der Waals surface area contributed by atoms with Crippen molar-refractivity contribution >= 4 is 0 Å². The minimum absolute atomic E-state index is 0.0528. The normalized spacial score (nSPS) is 26.4. The summed E-state index contributed by atoms with van der Waals surface area (Å²) < 4.78 is 10.7. The van der Waals surface area contributed by atoms with Crippen LogP contribution in [-0.4, -0.2) is 38.5 Å². The Morgan fingerprint density at radius 1 is 1.50 bits per heavy atom. The van der Waals surface area contributed by atoms with Crippen LogP contribution >= 0.6 is 0 Å². The molecule has 1 fully saturated rings. The van der Waals surface area contributed by atoms with Crippen molar-refractivity contribution in [2.75, 3.05) is 26.9 Å². The highest BCUT2D eigenvalue weighted by atomic mass is 16.5. The molecule has 3 nitrogen and oxygen atoms in total. The first-order valence-corrected chi connectivity index (χ1v) is 5.50. The molecule has 0 bridgehead atoms. The van der Waals surface area contributed by atoms with Gasteiger partial charge in [0.1, 0.15) is 0 Å². The Balaban J connectivity index is 2.12. The highest BCUT2D eigenvalue weighted by molar-refractivity contribution is 4.82. The van der Waals surface area contributed by atoms with Crippen molar-refractivity contribution in [1.82, 2.24) is 5.32 Å². The van der Waals surface area contributed by atoms with Gasteiger partial charge in [0.15, 0.2) is 0 Å². The van der Waals surface area contributed by atoms with Crippen molar-refractivity contribution in [2.24, 2.45) is 0 Å². The van der Waals surface area contributed by atoms with E-state index in [-0.39, 0.29) is 5.60 Å². The third kappa shape index (κ3) is 4.40. The van der Waals surface area contributed by atoms with Crippen molar-refractivity contribution in [3.05, 3.63) is 0 Å². The molecule has 0 spiro atoms. The molecule has 1 N–H and O–H groups in total. The fourth-order valence-corrected chi connectivity index (χ4v) is 1.93. The largest absolute Gasteiger partial charge is 0.385 e. The Morgan fingerprint density at radius 2 is 2.29 bits per heavy atom. The highest BCUT2D eigenvalue weighted by Gasteiger charge is 2.28. The summed E-state index contributed by atoms with van der Waals surface area (Å²) in [6.45, 7) is 7.11. The van der Waals surface area contributed by atoms with Gasteiger partial charge in [0.25, 0.3) is 0 Å². The molecule has 3 heteroatoms. The Kier molecular flexibility index (Phi) is 4.85. The molecule has 1 saturated heterocycles. The zero-order valence-electron chi connectivity index (χ0n) is 9.64. The highest BCUT2D eigenvalue weighted by Crippen LogP contribution is 2.23. The second-order valence-electron chi connectivity index (χ2n) is 4.60. The molecule has 1 atom stereocenters. The fourth-order valence-electron chi connectivity index (χ4n) is 1.93. The van der Waals surface area contributed by atoms with E-state index in [4.69, 9.17) is 9.47 Å². The van der Waals surface area contributed by atoms with Gasteiger partial charge in [0, 0.05) is 26.4 Å². The summed E-state index contributed by atoms with van der Waals surface area (Å²) in [4.78, 5) is 0. The maximum absolute atomic E-state index is 5.66. The number of ether oxygens (including phenoxy) is 2. The quantitative estimate of drug-likeness (QED) is 0.685. The molecule has 84 valence electrons. The van der Waals surface area contributed by atoms with Gasteiger partial charge in [0.2, 0.25) is 0 Å². The van der Waals surface area contributed by atoms with Gasteiger partial charge in [-0.1, -0.05) is 0 Å². The lowest BCUT2D eigenvalue weighted by Gasteiger charge is -2.36. The van der Waals surface area contributed by atoms with E-state index in [1.54, 1.807) is 7.11 Å². The van der Waals surface area contributed by atoms with Crippen molar-refractivity contribution in [2.45, 2.75) is 44.8 Å². The zero-order chi connectivity index (χ0) is 10.4. The van der Waals surface area contributed by atoms with Crippen LogP contribution in [0.3, 0.4) is 0 Å². The molecule has 1 rings (SSSR count). The molecule has 0 aliphatic carbocycles. The number of hydrogen-bond donors (Lipinski definition) is 1. The van der Waals surface area contributed by atoms with Crippen LogP contribution in [0, 0.1) is 0 Å². The van der Waals surface area contributed by atoms with E-state index >= 15 is 0 Å². The topological polar surface area (TPSA) is 30.5 Å². The average molecular weight is 201 g/mol. The van der Waals surface area contributed by atoms with Gasteiger partial charge in [-0.05, 0) is 39.7 Å². The van der Waals surface area contributed by atoms with E-state index in [1.165, 1.54) is 0 Å². The van der Waals surface area contributed by atoms with Crippen LogP contribution < -0.4 is 5.32 Å². The lowest BCUT2D eigenvalue weighted by Crippen LogP contribution is -2.44. The van der Waals surface area contributed by atoms with Gasteiger partial charge in [-0.2, -0.15) is 0 Å². The predicted molar refractivity (Wildman–Crippen MR) is 57.5 cm³/mol. The molecule has 1 aliphatic rings. The van der Waals surface area contributed by atoms with E-state index in [9.17, 15) is 0 Å². The molecular weight excluding hydrogens is 178 g/mol. The van der Waals surface area contributed by atoms with E-state index in [0.717, 1.165) is 39.0 Å². The van der Waals surface area contributed by atoms with Gasteiger partial charge in [-0.15, -0.1) is 0 Å². The molecule has 0 aromatic rings. The smallest absolute Gasteiger partial charge is 0.0641 e. The molecule has 1 unspecified atom stereocenters. The lowest BCUT2D eigenvalue weighted by atomic mass is 9.94. The molecule has 0 saturated carbocycles.